The van der Waals surface area contributed by atoms with Crippen LogP contribution in [0.4, 0.5) is 0 Å². The van der Waals surface area contributed by atoms with Crippen molar-refractivity contribution in [1.82, 2.24) is 4.90 Å². The fourth-order valence-corrected chi connectivity index (χ4v) is 3.22. The van der Waals surface area contributed by atoms with Gasteiger partial charge in [-0.15, -0.1) is 0 Å². The van der Waals surface area contributed by atoms with E-state index in [-0.39, 0.29) is 11.8 Å². The maximum Gasteiger partial charge on any atom is 0.340 e. The first kappa shape index (κ1) is 26.1. The molecule has 0 aliphatic carbocycles. The summed E-state index contributed by atoms with van der Waals surface area (Å²) in [4.78, 5) is 37.7. The minimum absolute atomic E-state index is 0.274. The maximum atomic E-state index is 12.8. The Balaban J connectivity index is 2.62. The molecule has 0 fully saturated rings. The minimum atomic E-state index is -1.43. The molecule has 0 aromatic heterocycles. The molecule has 1 aromatic carbocycles. The van der Waals surface area contributed by atoms with Crippen molar-refractivity contribution in [3.63, 3.8) is 0 Å². The standard InChI is InChI=1S/C22H30INO6/c1-15(13-30-14-17-9-7-6-8-10-17)11-12-18(23)16(2)20(25)24(3)19(21(26)28-4)22(27)29-5/h6-10,12,15-16,19H,11,13-14H2,1-5H3/b18-12+/t15-,16-/m1/s1. The van der Waals surface area contributed by atoms with Gasteiger partial charge in [-0.2, -0.15) is 0 Å². The fraction of sp³-hybridized carbons (Fsp3) is 0.500. The number of benzene rings is 1. The van der Waals surface area contributed by atoms with Crippen LogP contribution in [0.5, 0.6) is 0 Å². The molecule has 1 aromatic rings. The van der Waals surface area contributed by atoms with Crippen molar-refractivity contribution in [1.29, 1.82) is 0 Å². The number of hydrogen-bond donors (Lipinski definition) is 0. The van der Waals surface area contributed by atoms with Crippen molar-refractivity contribution >= 4 is 40.4 Å². The SMILES string of the molecule is COC(=O)C(C(=O)OC)N(C)C(=O)[C@H](C)/C(I)=C\C[C@@H](C)COCc1ccccc1. The van der Waals surface area contributed by atoms with Crippen LogP contribution in [0.1, 0.15) is 25.8 Å². The Morgan fingerprint density at radius 3 is 2.17 bits per heavy atom. The molecule has 0 aliphatic rings. The smallest absolute Gasteiger partial charge is 0.340 e. The highest BCUT2D eigenvalue weighted by Crippen LogP contribution is 2.23. The zero-order chi connectivity index (χ0) is 22.7. The molecule has 0 unspecified atom stereocenters. The summed E-state index contributed by atoms with van der Waals surface area (Å²) in [5.74, 6) is -2.29. The molecule has 0 N–H and O–H groups in total. The van der Waals surface area contributed by atoms with Crippen LogP contribution in [0.2, 0.25) is 0 Å². The summed E-state index contributed by atoms with van der Waals surface area (Å²) < 4.78 is 15.8. The lowest BCUT2D eigenvalue weighted by molar-refractivity contribution is -0.164. The van der Waals surface area contributed by atoms with E-state index in [1.54, 1.807) is 6.92 Å². The fourth-order valence-electron chi connectivity index (χ4n) is 2.70. The first-order chi connectivity index (χ1) is 14.2. The van der Waals surface area contributed by atoms with E-state index in [0.29, 0.717) is 13.2 Å². The molecule has 1 amide bonds. The zero-order valence-corrected chi connectivity index (χ0v) is 20.2. The lowest BCUT2D eigenvalue weighted by atomic mass is 10.0. The number of amides is 1. The monoisotopic (exact) mass is 531 g/mol. The number of carbonyl (C=O) groups excluding carboxylic acids is 3. The molecule has 0 saturated heterocycles. The first-order valence-corrected chi connectivity index (χ1v) is 10.7. The Morgan fingerprint density at radius 1 is 1.07 bits per heavy atom. The van der Waals surface area contributed by atoms with Gasteiger partial charge in [0.2, 0.25) is 11.9 Å². The number of hydrogen-bond acceptors (Lipinski definition) is 6. The summed E-state index contributed by atoms with van der Waals surface area (Å²) in [6, 6.07) is 8.54. The van der Waals surface area contributed by atoms with Crippen molar-refractivity contribution in [3.05, 3.63) is 45.6 Å². The van der Waals surface area contributed by atoms with Gasteiger partial charge in [-0.05, 0) is 51.0 Å². The van der Waals surface area contributed by atoms with Crippen LogP contribution in [0.15, 0.2) is 40.0 Å². The molecule has 8 heteroatoms. The number of rotatable bonds is 11. The van der Waals surface area contributed by atoms with Gasteiger partial charge in [-0.3, -0.25) is 4.79 Å². The highest BCUT2D eigenvalue weighted by molar-refractivity contribution is 14.1. The van der Waals surface area contributed by atoms with Gasteiger partial charge in [0.05, 0.1) is 26.7 Å². The van der Waals surface area contributed by atoms with Gasteiger partial charge in [0.15, 0.2) is 0 Å². The van der Waals surface area contributed by atoms with E-state index in [1.807, 2.05) is 36.4 Å². The summed E-state index contributed by atoms with van der Waals surface area (Å²) in [7, 11) is 3.71. The van der Waals surface area contributed by atoms with E-state index in [9.17, 15) is 14.4 Å². The summed E-state index contributed by atoms with van der Waals surface area (Å²) >= 11 is 2.11. The Labute approximate surface area is 191 Å². The molecule has 0 spiro atoms. The third-order valence-electron chi connectivity index (χ3n) is 4.60. The van der Waals surface area contributed by atoms with Crippen LogP contribution < -0.4 is 0 Å². The molecule has 0 saturated carbocycles. The number of methoxy groups -OCH3 is 2. The van der Waals surface area contributed by atoms with Crippen LogP contribution >= 0.6 is 22.6 Å². The van der Waals surface area contributed by atoms with Crippen molar-refractivity contribution in [2.45, 2.75) is 32.9 Å². The number of ether oxygens (including phenoxy) is 3. The van der Waals surface area contributed by atoms with Crippen LogP contribution in [0.25, 0.3) is 0 Å². The summed E-state index contributed by atoms with van der Waals surface area (Å²) in [5, 5.41) is 0. The normalized spacial score (nSPS) is 13.5. The largest absolute Gasteiger partial charge is 0.467 e. The Kier molecular flexibility index (Phi) is 11.6. The predicted molar refractivity (Wildman–Crippen MR) is 122 cm³/mol. The molecule has 1 rings (SSSR count). The Hall–Kier alpha value is -1.94. The lowest BCUT2D eigenvalue weighted by Gasteiger charge is -2.26. The second kappa shape index (κ2) is 13.4. The van der Waals surface area contributed by atoms with Crippen molar-refractivity contribution < 1.29 is 28.6 Å². The van der Waals surface area contributed by atoms with E-state index >= 15 is 0 Å². The van der Waals surface area contributed by atoms with Crippen LogP contribution in [-0.4, -0.2) is 56.7 Å². The molecule has 30 heavy (non-hydrogen) atoms. The molecule has 0 aliphatic heterocycles. The topological polar surface area (TPSA) is 82.1 Å². The number of nitrogens with zero attached hydrogens (tertiary/aromatic N) is 1. The second-order valence-corrected chi connectivity index (χ2v) is 8.30. The number of allylic oxidation sites excluding steroid dienone is 1. The molecule has 2 atom stereocenters. The number of likely N-dealkylation sites (N-methyl/N-ethyl adjacent to an activating group) is 1. The predicted octanol–water partition coefficient (Wildman–Crippen LogP) is 3.36. The lowest BCUT2D eigenvalue weighted by Crippen LogP contribution is -2.50. The summed E-state index contributed by atoms with van der Waals surface area (Å²) in [5.41, 5.74) is 1.13. The van der Waals surface area contributed by atoms with Gasteiger partial charge < -0.3 is 19.1 Å². The van der Waals surface area contributed by atoms with Gasteiger partial charge >= 0.3 is 11.9 Å². The molecule has 7 nitrogen and oxygen atoms in total. The quantitative estimate of drug-likeness (QED) is 0.248. The maximum absolute atomic E-state index is 12.8. The zero-order valence-electron chi connectivity index (χ0n) is 18.1. The van der Waals surface area contributed by atoms with Gasteiger partial charge in [0.25, 0.3) is 0 Å². The Bertz CT molecular complexity index is 720. The van der Waals surface area contributed by atoms with Crippen molar-refractivity contribution in [2.75, 3.05) is 27.9 Å². The van der Waals surface area contributed by atoms with Gasteiger partial charge in [0.1, 0.15) is 0 Å². The Morgan fingerprint density at radius 2 is 1.63 bits per heavy atom. The van der Waals surface area contributed by atoms with Crippen molar-refractivity contribution in [3.8, 4) is 0 Å². The van der Waals surface area contributed by atoms with Crippen molar-refractivity contribution in [2.24, 2.45) is 11.8 Å². The molecule has 0 heterocycles. The third kappa shape index (κ3) is 8.06. The van der Waals surface area contributed by atoms with E-state index < -0.39 is 23.9 Å². The first-order valence-electron chi connectivity index (χ1n) is 9.62. The van der Waals surface area contributed by atoms with E-state index in [4.69, 9.17) is 4.74 Å². The average molecular weight is 531 g/mol. The van der Waals surface area contributed by atoms with Crippen LogP contribution in [0.3, 0.4) is 0 Å². The number of carbonyl (C=O) groups is 3. The van der Waals surface area contributed by atoms with Gasteiger partial charge in [0, 0.05) is 13.7 Å². The highest BCUT2D eigenvalue weighted by Gasteiger charge is 2.37. The summed E-state index contributed by atoms with van der Waals surface area (Å²) in [6.07, 6.45) is 2.73. The van der Waals surface area contributed by atoms with E-state index in [0.717, 1.165) is 34.7 Å². The molecule has 166 valence electrons. The number of esters is 2. The van der Waals surface area contributed by atoms with Crippen LogP contribution in [-0.2, 0) is 35.2 Å². The molecule has 0 bridgehead atoms. The molecular weight excluding hydrogens is 501 g/mol. The summed E-state index contributed by atoms with van der Waals surface area (Å²) in [6.45, 7) is 4.98. The van der Waals surface area contributed by atoms with Gasteiger partial charge in [-0.25, -0.2) is 9.59 Å². The average Bonchev–Trinajstić information content (AvgIpc) is 2.76. The van der Waals surface area contributed by atoms with E-state index in [1.165, 1.54) is 7.05 Å². The third-order valence-corrected chi connectivity index (χ3v) is 5.97. The minimum Gasteiger partial charge on any atom is -0.467 e. The molecular formula is C22H30INO6. The molecule has 0 radical (unpaired) electrons. The number of halogens is 1. The van der Waals surface area contributed by atoms with Gasteiger partial charge in [-0.1, -0.05) is 43.3 Å². The second-order valence-electron chi connectivity index (χ2n) is 7.05. The van der Waals surface area contributed by atoms with Crippen LogP contribution in [0, 0.1) is 11.8 Å². The van der Waals surface area contributed by atoms with E-state index in [2.05, 4.69) is 39.0 Å². The highest BCUT2D eigenvalue weighted by atomic mass is 127.